The summed E-state index contributed by atoms with van der Waals surface area (Å²) in [5.74, 6) is 1.72. The van der Waals surface area contributed by atoms with Crippen LogP contribution in [0.15, 0.2) is 24.3 Å². The lowest BCUT2D eigenvalue weighted by Crippen LogP contribution is -2.16. The van der Waals surface area contributed by atoms with Crippen LogP contribution in [0, 0.1) is 11.3 Å². The highest BCUT2D eigenvalue weighted by Gasteiger charge is 2.06. The number of aromatic nitrogens is 3. The van der Waals surface area contributed by atoms with E-state index in [9.17, 15) is 0 Å². The van der Waals surface area contributed by atoms with E-state index >= 15 is 0 Å². The van der Waals surface area contributed by atoms with Crippen molar-refractivity contribution in [2.75, 3.05) is 24.7 Å². The summed E-state index contributed by atoms with van der Waals surface area (Å²) in [5.41, 5.74) is 6.20. The largest absolute Gasteiger partial charge is 0.486 e. The zero-order chi connectivity index (χ0) is 14.5. The molecule has 0 spiro atoms. The first-order valence-corrected chi connectivity index (χ1v) is 5.89. The lowest BCUT2D eigenvalue weighted by molar-refractivity contribution is 0.295. The third kappa shape index (κ3) is 3.32. The van der Waals surface area contributed by atoms with Crippen molar-refractivity contribution in [3.8, 4) is 11.8 Å². The first-order chi connectivity index (χ1) is 9.58. The van der Waals surface area contributed by atoms with E-state index < -0.39 is 0 Å². The molecule has 2 N–H and O–H groups in total. The fraction of sp³-hybridized carbons (Fsp3) is 0.231. The number of ether oxygens (including phenoxy) is 1. The number of rotatable bonds is 4. The summed E-state index contributed by atoms with van der Waals surface area (Å²) < 4.78 is 5.55. The zero-order valence-electron chi connectivity index (χ0n) is 11.2. The Morgan fingerprint density at radius 2 is 1.90 bits per heavy atom. The van der Waals surface area contributed by atoms with Crippen molar-refractivity contribution in [3.05, 3.63) is 35.7 Å². The molecular formula is C13H14N6O. The van der Waals surface area contributed by atoms with E-state index in [1.54, 1.807) is 29.2 Å². The topological polar surface area (TPSA) is 101 Å². The number of anilines is 2. The van der Waals surface area contributed by atoms with Crippen LogP contribution in [0.25, 0.3) is 0 Å². The maximum atomic E-state index is 8.71. The summed E-state index contributed by atoms with van der Waals surface area (Å²) in [6, 6.07) is 8.85. The predicted octanol–water partition coefficient (Wildman–Crippen LogP) is 0.970. The quantitative estimate of drug-likeness (QED) is 0.883. The van der Waals surface area contributed by atoms with Crippen molar-refractivity contribution in [1.29, 1.82) is 5.26 Å². The normalized spacial score (nSPS) is 9.85. The summed E-state index contributed by atoms with van der Waals surface area (Å²) in [6.07, 6.45) is 0. The summed E-state index contributed by atoms with van der Waals surface area (Å²) in [4.78, 5) is 14.0. The molecule has 0 radical (unpaired) electrons. The van der Waals surface area contributed by atoms with Crippen LogP contribution in [-0.4, -0.2) is 29.0 Å². The number of hydrogen-bond acceptors (Lipinski definition) is 7. The van der Waals surface area contributed by atoms with Crippen molar-refractivity contribution < 1.29 is 4.74 Å². The van der Waals surface area contributed by atoms with Crippen molar-refractivity contribution >= 4 is 11.9 Å². The molecule has 2 aromatic rings. The van der Waals surface area contributed by atoms with E-state index in [0.717, 1.165) is 0 Å². The van der Waals surface area contributed by atoms with Gasteiger partial charge in [0, 0.05) is 14.1 Å². The first kappa shape index (κ1) is 13.5. The molecule has 0 aliphatic rings. The molecular weight excluding hydrogens is 256 g/mol. The Balaban J connectivity index is 2.08. The fourth-order valence-corrected chi connectivity index (χ4v) is 1.46. The summed E-state index contributed by atoms with van der Waals surface area (Å²) in [5, 5.41) is 8.71. The van der Waals surface area contributed by atoms with Gasteiger partial charge in [0.2, 0.25) is 11.9 Å². The average Bonchev–Trinajstić information content (AvgIpc) is 2.45. The lowest BCUT2D eigenvalue weighted by atomic mass is 10.2. The second-order valence-corrected chi connectivity index (χ2v) is 4.23. The van der Waals surface area contributed by atoms with Crippen molar-refractivity contribution in [1.82, 2.24) is 15.0 Å². The van der Waals surface area contributed by atoms with E-state index in [2.05, 4.69) is 15.0 Å². The van der Waals surface area contributed by atoms with Gasteiger partial charge in [-0.15, -0.1) is 0 Å². The van der Waals surface area contributed by atoms with Gasteiger partial charge in [-0.05, 0) is 24.3 Å². The number of nitrogens with two attached hydrogens (primary N) is 1. The molecule has 102 valence electrons. The van der Waals surface area contributed by atoms with Crippen LogP contribution in [0.4, 0.5) is 11.9 Å². The average molecular weight is 270 g/mol. The molecule has 1 heterocycles. The number of nitrogen functional groups attached to an aromatic ring is 1. The minimum atomic E-state index is 0.155. The Bertz CT molecular complexity index is 632. The number of benzene rings is 1. The van der Waals surface area contributed by atoms with E-state index in [0.29, 0.717) is 23.1 Å². The van der Waals surface area contributed by atoms with E-state index in [1.807, 2.05) is 20.2 Å². The van der Waals surface area contributed by atoms with Crippen LogP contribution in [0.1, 0.15) is 11.4 Å². The van der Waals surface area contributed by atoms with Gasteiger partial charge in [-0.2, -0.15) is 20.2 Å². The molecule has 20 heavy (non-hydrogen) atoms. The summed E-state index contributed by atoms with van der Waals surface area (Å²) in [6.45, 7) is 0.180. The molecule has 1 aromatic carbocycles. The monoisotopic (exact) mass is 270 g/mol. The van der Waals surface area contributed by atoms with Gasteiger partial charge in [-0.3, -0.25) is 0 Å². The molecule has 0 amide bonds. The summed E-state index contributed by atoms with van der Waals surface area (Å²) in [7, 11) is 3.64. The third-order valence-corrected chi connectivity index (χ3v) is 2.44. The van der Waals surface area contributed by atoms with Gasteiger partial charge in [0.1, 0.15) is 12.4 Å². The maximum absolute atomic E-state index is 8.71. The van der Waals surface area contributed by atoms with Crippen molar-refractivity contribution in [2.45, 2.75) is 6.61 Å². The smallest absolute Gasteiger partial charge is 0.230 e. The minimum Gasteiger partial charge on any atom is -0.486 e. The van der Waals surface area contributed by atoms with Crippen LogP contribution in [0.3, 0.4) is 0 Å². The highest BCUT2D eigenvalue weighted by Crippen LogP contribution is 2.13. The Morgan fingerprint density at radius 3 is 2.50 bits per heavy atom. The molecule has 7 nitrogen and oxygen atoms in total. The first-order valence-electron chi connectivity index (χ1n) is 5.89. The second-order valence-electron chi connectivity index (χ2n) is 4.23. The number of nitriles is 1. The maximum Gasteiger partial charge on any atom is 0.230 e. The number of nitrogens with zero attached hydrogens (tertiary/aromatic N) is 5. The molecule has 0 aliphatic carbocycles. The molecule has 0 atom stereocenters. The molecule has 2 rings (SSSR count). The Kier molecular flexibility index (Phi) is 3.96. The van der Waals surface area contributed by atoms with Gasteiger partial charge < -0.3 is 15.4 Å². The molecule has 0 fully saturated rings. The molecule has 7 heteroatoms. The van der Waals surface area contributed by atoms with Crippen LogP contribution in [0.2, 0.25) is 0 Å². The number of hydrogen-bond donors (Lipinski definition) is 1. The second kappa shape index (κ2) is 5.84. The molecule has 0 saturated carbocycles. The van der Waals surface area contributed by atoms with Gasteiger partial charge >= 0.3 is 0 Å². The van der Waals surface area contributed by atoms with Crippen molar-refractivity contribution in [2.24, 2.45) is 0 Å². The van der Waals surface area contributed by atoms with Gasteiger partial charge in [0.25, 0.3) is 0 Å². The minimum absolute atomic E-state index is 0.155. The van der Waals surface area contributed by atoms with Gasteiger partial charge in [0.05, 0.1) is 11.6 Å². The van der Waals surface area contributed by atoms with Gasteiger partial charge in [-0.1, -0.05) is 0 Å². The third-order valence-electron chi connectivity index (χ3n) is 2.44. The zero-order valence-corrected chi connectivity index (χ0v) is 11.2. The molecule has 0 aliphatic heterocycles. The molecule has 1 aromatic heterocycles. The molecule has 0 bridgehead atoms. The van der Waals surface area contributed by atoms with E-state index in [1.165, 1.54) is 0 Å². The molecule has 0 saturated heterocycles. The predicted molar refractivity (Wildman–Crippen MR) is 74.1 cm³/mol. The van der Waals surface area contributed by atoms with Crippen LogP contribution >= 0.6 is 0 Å². The highest BCUT2D eigenvalue weighted by molar-refractivity contribution is 5.35. The standard InChI is InChI=1S/C13H14N6O/c1-19(2)13-17-11(16-12(15)18-13)8-20-10-5-3-9(7-14)4-6-10/h3-6H,8H2,1-2H3,(H2,15,16,17,18). The highest BCUT2D eigenvalue weighted by atomic mass is 16.5. The lowest BCUT2D eigenvalue weighted by Gasteiger charge is -2.11. The summed E-state index contributed by atoms with van der Waals surface area (Å²) >= 11 is 0. The van der Waals surface area contributed by atoms with Crippen molar-refractivity contribution in [3.63, 3.8) is 0 Å². The van der Waals surface area contributed by atoms with Gasteiger partial charge in [-0.25, -0.2) is 0 Å². The SMILES string of the molecule is CN(C)c1nc(N)nc(COc2ccc(C#N)cc2)n1. The Labute approximate surface area is 116 Å². The van der Waals surface area contributed by atoms with Crippen LogP contribution < -0.4 is 15.4 Å². The van der Waals surface area contributed by atoms with Crippen LogP contribution in [-0.2, 0) is 6.61 Å². The fourth-order valence-electron chi connectivity index (χ4n) is 1.46. The van der Waals surface area contributed by atoms with Gasteiger partial charge in [0.15, 0.2) is 5.82 Å². The Hall–Kier alpha value is -2.88. The van der Waals surface area contributed by atoms with E-state index in [4.69, 9.17) is 15.7 Å². The van der Waals surface area contributed by atoms with E-state index in [-0.39, 0.29) is 12.6 Å². The Morgan fingerprint density at radius 1 is 1.20 bits per heavy atom. The molecule has 0 unspecified atom stereocenters. The van der Waals surface area contributed by atoms with Crippen LogP contribution in [0.5, 0.6) is 5.75 Å².